The van der Waals surface area contributed by atoms with Gasteiger partial charge in [-0.25, -0.2) is 14.4 Å². The number of carboxylic acids is 1. The molecule has 18 heavy (non-hydrogen) atoms. The van der Waals surface area contributed by atoms with E-state index < -0.39 is 17.7 Å². The van der Waals surface area contributed by atoms with Crippen molar-refractivity contribution in [3.05, 3.63) is 48.2 Å². The Morgan fingerprint density at radius 3 is 2.72 bits per heavy atom. The zero-order valence-corrected chi connectivity index (χ0v) is 9.67. The Bertz CT molecular complexity index is 587. The van der Waals surface area contributed by atoms with Gasteiger partial charge in [0, 0.05) is 11.8 Å². The molecule has 1 N–H and O–H groups in total. The van der Waals surface area contributed by atoms with Crippen LogP contribution in [-0.2, 0) is 4.79 Å². The van der Waals surface area contributed by atoms with Crippen LogP contribution in [-0.4, -0.2) is 21.0 Å². The smallest absolute Gasteiger partial charge is 0.313 e. The van der Waals surface area contributed by atoms with Gasteiger partial charge in [0.2, 0.25) is 0 Å². The minimum Gasteiger partial charge on any atom is -0.481 e. The van der Waals surface area contributed by atoms with Crippen molar-refractivity contribution in [2.75, 3.05) is 0 Å². The summed E-state index contributed by atoms with van der Waals surface area (Å²) in [6, 6.07) is 7.75. The van der Waals surface area contributed by atoms with Gasteiger partial charge in [0.15, 0.2) is 0 Å². The zero-order valence-electron chi connectivity index (χ0n) is 9.67. The summed E-state index contributed by atoms with van der Waals surface area (Å²) in [5.41, 5.74) is 0.713. The van der Waals surface area contributed by atoms with Crippen LogP contribution < -0.4 is 0 Å². The third-order valence-corrected chi connectivity index (χ3v) is 2.58. The van der Waals surface area contributed by atoms with Crippen LogP contribution in [0.1, 0.15) is 18.7 Å². The Balaban J connectivity index is 2.45. The lowest BCUT2D eigenvalue weighted by Crippen LogP contribution is -2.11. The van der Waals surface area contributed by atoms with E-state index in [0.717, 1.165) is 0 Å². The molecule has 1 heterocycles. The van der Waals surface area contributed by atoms with Crippen molar-refractivity contribution in [2.45, 2.75) is 12.8 Å². The van der Waals surface area contributed by atoms with Crippen molar-refractivity contribution in [3.63, 3.8) is 0 Å². The fraction of sp³-hybridized carbons (Fsp3) is 0.154. The lowest BCUT2D eigenvalue weighted by atomic mass is 10.1. The van der Waals surface area contributed by atoms with Crippen molar-refractivity contribution < 1.29 is 14.3 Å². The Labute approximate surface area is 103 Å². The number of carbonyl (C=O) groups is 1. The highest BCUT2D eigenvalue weighted by atomic mass is 19.1. The normalized spacial score (nSPS) is 12.1. The largest absolute Gasteiger partial charge is 0.481 e. The number of rotatable bonds is 3. The molecule has 0 aliphatic carbocycles. The molecule has 92 valence electrons. The molecule has 1 atom stereocenters. The maximum absolute atomic E-state index is 13.6. The molecule has 2 rings (SSSR count). The first-order valence-corrected chi connectivity index (χ1v) is 5.40. The number of benzene rings is 1. The standard InChI is InChI=1S/C13H11FN2O2/c1-8(13(17)18)12-15-7-6-11(16-12)9-4-2-3-5-10(9)14/h2-8H,1H3,(H,17,18). The van der Waals surface area contributed by atoms with E-state index in [1.54, 1.807) is 24.3 Å². The summed E-state index contributed by atoms with van der Waals surface area (Å²) in [6.45, 7) is 1.49. The summed E-state index contributed by atoms with van der Waals surface area (Å²) in [5, 5.41) is 8.90. The second-order valence-corrected chi connectivity index (χ2v) is 3.84. The zero-order chi connectivity index (χ0) is 13.1. The van der Waals surface area contributed by atoms with Gasteiger partial charge < -0.3 is 5.11 Å². The predicted octanol–water partition coefficient (Wildman–Crippen LogP) is 2.47. The summed E-state index contributed by atoms with van der Waals surface area (Å²) >= 11 is 0. The molecular weight excluding hydrogens is 235 g/mol. The molecule has 4 nitrogen and oxygen atoms in total. The molecule has 0 spiro atoms. The molecule has 0 aliphatic heterocycles. The molecule has 5 heteroatoms. The Kier molecular flexibility index (Phi) is 3.32. The van der Waals surface area contributed by atoms with Crippen molar-refractivity contribution in [1.82, 2.24) is 9.97 Å². The molecule has 2 aromatic rings. The van der Waals surface area contributed by atoms with Gasteiger partial charge in [0.1, 0.15) is 17.6 Å². The SMILES string of the molecule is CC(C(=O)O)c1nccc(-c2ccccc2F)n1. The van der Waals surface area contributed by atoms with Crippen LogP contribution >= 0.6 is 0 Å². The first kappa shape index (κ1) is 12.2. The molecule has 0 aliphatic rings. The lowest BCUT2D eigenvalue weighted by molar-refractivity contribution is -0.138. The Morgan fingerprint density at radius 1 is 1.33 bits per heavy atom. The molecule has 0 fully saturated rings. The number of nitrogens with zero attached hydrogens (tertiary/aromatic N) is 2. The minimum atomic E-state index is -1.01. The molecular formula is C13H11FN2O2. The molecule has 0 saturated heterocycles. The first-order chi connectivity index (χ1) is 8.59. The summed E-state index contributed by atoms with van der Waals surface area (Å²) in [4.78, 5) is 18.9. The Hall–Kier alpha value is -2.30. The van der Waals surface area contributed by atoms with Gasteiger partial charge >= 0.3 is 5.97 Å². The average molecular weight is 246 g/mol. The maximum Gasteiger partial charge on any atom is 0.313 e. The van der Waals surface area contributed by atoms with Crippen molar-refractivity contribution in [2.24, 2.45) is 0 Å². The van der Waals surface area contributed by atoms with Crippen LogP contribution in [0.5, 0.6) is 0 Å². The van der Waals surface area contributed by atoms with Crippen LogP contribution in [0.15, 0.2) is 36.5 Å². The monoisotopic (exact) mass is 246 g/mol. The number of carboxylic acid groups (broad SMARTS) is 1. The third-order valence-electron chi connectivity index (χ3n) is 2.58. The van der Waals surface area contributed by atoms with E-state index in [-0.39, 0.29) is 5.82 Å². The fourth-order valence-corrected chi connectivity index (χ4v) is 1.51. The van der Waals surface area contributed by atoms with Gasteiger partial charge in [-0.2, -0.15) is 0 Å². The van der Waals surface area contributed by atoms with E-state index in [2.05, 4.69) is 9.97 Å². The molecule has 0 radical (unpaired) electrons. The lowest BCUT2D eigenvalue weighted by Gasteiger charge is -2.07. The van der Waals surface area contributed by atoms with Gasteiger partial charge in [-0.3, -0.25) is 4.79 Å². The van der Waals surface area contributed by atoms with E-state index in [0.29, 0.717) is 11.3 Å². The second kappa shape index (κ2) is 4.91. The van der Waals surface area contributed by atoms with Gasteiger partial charge in [0.25, 0.3) is 0 Å². The maximum atomic E-state index is 13.6. The number of aliphatic carboxylic acids is 1. The van der Waals surface area contributed by atoms with Crippen LogP contribution in [0, 0.1) is 5.82 Å². The highest BCUT2D eigenvalue weighted by Crippen LogP contribution is 2.21. The minimum absolute atomic E-state index is 0.170. The van der Waals surface area contributed by atoms with Crippen molar-refractivity contribution in [3.8, 4) is 11.3 Å². The topological polar surface area (TPSA) is 63.1 Å². The molecule has 1 unspecified atom stereocenters. The van der Waals surface area contributed by atoms with E-state index in [1.807, 2.05) is 0 Å². The van der Waals surface area contributed by atoms with E-state index >= 15 is 0 Å². The van der Waals surface area contributed by atoms with Crippen LogP contribution in [0.2, 0.25) is 0 Å². The predicted molar refractivity (Wildman–Crippen MR) is 63.5 cm³/mol. The highest BCUT2D eigenvalue weighted by molar-refractivity contribution is 5.74. The molecule has 0 saturated carbocycles. The quantitative estimate of drug-likeness (QED) is 0.903. The first-order valence-electron chi connectivity index (χ1n) is 5.40. The van der Waals surface area contributed by atoms with Crippen LogP contribution in [0.3, 0.4) is 0 Å². The van der Waals surface area contributed by atoms with Gasteiger partial charge in [-0.05, 0) is 25.1 Å². The van der Waals surface area contributed by atoms with E-state index in [4.69, 9.17) is 5.11 Å². The number of halogens is 1. The van der Waals surface area contributed by atoms with E-state index in [9.17, 15) is 9.18 Å². The van der Waals surface area contributed by atoms with Gasteiger partial charge in [-0.15, -0.1) is 0 Å². The number of aromatic nitrogens is 2. The molecule has 0 bridgehead atoms. The van der Waals surface area contributed by atoms with Crippen molar-refractivity contribution in [1.29, 1.82) is 0 Å². The summed E-state index contributed by atoms with van der Waals surface area (Å²) in [5.74, 6) is -2.06. The van der Waals surface area contributed by atoms with Crippen molar-refractivity contribution >= 4 is 5.97 Å². The molecule has 0 amide bonds. The highest BCUT2D eigenvalue weighted by Gasteiger charge is 2.17. The van der Waals surface area contributed by atoms with Crippen LogP contribution in [0.4, 0.5) is 4.39 Å². The number of hydrogen-bond acceptors (Lipinski definition) is 3. The number of hydrogen-bond donors (Lipinski definition) is 1. The van der Waals surface area contributed by atoms with Crippen LogP contribution in [0.25, 0.3) is 11.3 Å². The summed E-state index contributed by atoms with van der Waals surface area (Å²) in [6.07, 6.45) is 1.43. The summed E-state index contributed by atoms with van der Waals surface area (Å²) in [7, 11) is 0. The average Bonchev–Trinajstić information content (AvgIpc) is 2.38. The van der Waals surface area contributed by atoms with Gasteiger partial charge in [0.05, 0.1) is 5.69 Å². The summed E-state index contributed by atoms with van der Waals surface area (Å²) < 4.78 is 13.6. The van der Waals surface area contributed by atoms with Gasteiger partial charge in [-0.1, -0.05) is 12.1 Å². The Morgan fingerprint density at radius 2 is 2.06 bits per heavy atom. The molecule has 1 aromatic carbocycles. The fourth-order valence-electron chi connectivity index (χ4n) is 1.51. The third kappa shape index (κ3) is 2.34. The molecule has 1 aromatic heterocycles. The van der Waals surface area contributed by atoms with E-state index in [1.165, 1.54) is 19.2 Å². The second-order valence-electron chi connectivity index (χ2n) is 3.84.